The third-order valence-corrected chi connectivity index (χ3v) is 3.92. The van der Waals surface area contributed by atoms with Gasteiger partial charge in [0.15, 0.2) is 17.3 Å². The minimum absolute atomic E-state index is 0.0229. The van der Waals surface area contributed by atoms with Gasteiger partial charge in [0.05, 0.1) is 25.0 Å². The maximum Gasteiger partial charge on any atom is 0.359 e. The molecule has 2 aromatic carbocycles. The number of nitrogens with one attached hydrogen (secondary N) is 1. The van der Waals surface area contributed by atoms with Gasteiger partial charge in [-0.2, -0.15) is 0 Å². The van der Waals surface area contributed by atoms with Crippen molar-refractivity contribution < 1.29 is 19.4 Å². The molecule has 0 saturated carbocycles. The van der Waals surface area contributed by atoms with E-state index < -0.39 is 5.97 Å². The van der Waals surface area contributed by atoms with Crippen LogP contribution in [-0.4, -0.2) is 34.8 Å². The lowest BCUT2D eigenvalue weighted by Crippen LogP contribution is -2.14. The molecule has 0 aliphatic heterocycles. The number of carbonyl (C=O) groups is 1. The van der Waals surface area contributed by atoms with Crippen LogP contribution in [0, 0.1) is 0 Å². The van der Waals surface area contributed by atoms with E-state index in [2.05, 4.69) is 15.3 Å². The van der Waals surface area contributed by atoms with Gasteiger partial charge in [-0.3, -0.25) is 0 Å². The number of para-hydroxylation sites is 3. The van der Waals surface area contributed by atoms with Gasteiger partial charge < -0.3 is 25.6 Å². The number of rotatable bonds is 6. The van der Waals surface area contributed by atoms with E-state index in [1.54, 1.807) is 44.4 Å². The fourth-order valence-corrected chi connectivity index (χ4v) is 2.58. The molecule has 0 bridgehead atoms. The molecule has 0 radical (unpaired) electrons. The second-order valence-corrected chi connectivity index (χ2v) is 5.72. The van der Waals surface area contributed by atoms with Gasteiger partial charge >= 0.3 is 5.97 Å². The van der Waals surface area contributed by atoms with Gasteiger partial charge in [0, 0.05) is 0 Å². The number of phenolic OH excluding ortho intramolecular Hbond substituents is 1. The highest BCUT2D eigenvalue weighted by molar-refractivity contribution is 5.97. The molecule has 3 aromatic rings. The van der Waals surface area contributed by atoms with E-state index in [1.807, 2.05) is 12.1 Å². The molecule has 0 aliphatic rings. The molecule has 0 fully saturated rings. The number of hydrogen-bond donors (Lipinski definition) is 3. The molecule has 1 aromatic heterocycles. The van der Waals surface area contributed by atoms with Gasteiger partial charge in [0.2, 0.25) is 0 Å². The van der Waals surface area contributed by atoms with E-state index in [0.29, 0.717) is 17.0 Å². The van der Waals surface area contributed by atoms with Gasteiger partial charge in [-0.15, -0.1) is 0 Å². The Morgan fingerprint density at radius 3 is 2.57 bits per heavy atom. The maximum atomic E-state index is 12.4. The minimum Gasteiger partial charge on any atom is -0.507 e. The number of nitrogens with two attached hydrogens (primary N) is 1. The molecule has 3 rings (SSSR count). The number of methoxy groups -OCH3 is 1. The van der Waals surface area contributed by atoms with Gasteiger partial charge in [0.1, 0.15) is 17.2 Å². The molecular weight excluding hydrogens is 360 g/mol. The van der Waals surface area contributed by atoms with E-state index in [-0.39, 0.29) is 35.4 Å². The van der Waals surface area contributed by atoms with Gasteiger partial charge in [-0.1, -0.05) is 24.3 Å². The largest absolute Gasteiger partial charge is 0.507 e. The third kappa shape index (κ3) is 3.80. The summed E-state index contributed by atoms with van der Waals surface area (Å²) < 4.78 is 10.4. The van der Waals surface area contributed by atoms with E-state index in [9.17, 15) is 9.90 Å². The Morgan fingerprint density at radius 2 is 1.86 bits per heavy atom. The molecule has 0 spiro atoms. The second kappa shape index (κ2) is 8.26. The Kier molecular flexibility index (Phi) is 5.59. The number of aromatic hydroxyl groups is 1. The van der Waals surface area contributed by atoms with Crippen molar-refractivity contribution in [1.82, 2.24) is 9.97 Å². The monoisotopic (exact) mass is 380 g/mol. The second-order valence-electron chi connectivity index (χ2n) is 5.72. The fraction of sp³-hybridized carbons (Fsp3) is 0.150. The highest BCUT2D eigenvalue weighted by Gasteiger charge is 2.21. The van der Waals surface area contributed by atoms with Crippen LogP contribution in [0.25, 0.3) is 11.4 Å². The summed E-state index contributed by atoms with van der Waals surface area (Å²) in [5, 5.41) is 13.2. The molecule has 144 valence electrons. The van der Waals surface area contributed by atoms with E-state index in [1.165, 1.54) is 6.07 Å². The fourth-order valence-electron chi connectivity index (χ4n) is 2.58. The van der Waals surface area contributed by atoms with Gasteiger partial charge in [0.25, 0.3) is 0 Å². The standard InChI is InChI=1S/C20H20N4O4/c1-3-28-20(26)17-16(21)19(22-13-9-5-7-11-15(13)27-2)24-18(23-17)12-8-4-6-10-14(12)25/h4-11,25H,3,21H2,1-2H3,(H,22,23,24). The number of anilines is 3. The average molecular weight is 380 g/mol. The van der Waals surface area contributed by atoms with Crippen LogP contribution in [0.15, 0.2) is 48.5 Å². The van der Waals surface area contributed by atoms with Crippen LogP contribution in [0.4, 0.5) is 17.2 Å². The van der Waals surface area contributed by atoms with Crippen molar-refractivity contribution in [3.05, 3.63) is 54.2 Å². The normalized spacial score (nSPS) is 10.4. The zero-order valence-corrected chi connectivity index (χ0v) is 15.5. The SMILES string of the molecule is CCOC(=O)c1nc(-c2ccccc2O)nc(Nc2ccccc2OC)c1N. The predicted molar refractivity (Wildman–Crippen MR) is 106 cm³/mol. The first-order valence-corrected chi connectivity index (χ1v) is 8.58. The molecule has 8 nitrogen and oxygen atoms in total. The van der Waals surface area contributed by atoms with Crippen molar-refractivity contribution in [3.8, 4) is 22.9 Å². The van der Waals surface area contributed by atoms with E-state index >= 15 is 0 Å². The zero-order valence-electron chi connectivity index (χ0n) is 15.5. The maximum absolute atomic E-state index is 12.4. The Labute approximate surface area is 162 Å². The van der Waals surface area contributed by atoms with Crippen LogP contribution < -0.4 is 15.8 Å². The quantitative estimate of drug-likeness (QED) is 0.557. The lowest BCUT2D eigenvalue weighted by molar-refractivity contribution is 0.0521. The first-order chi connectivity index (χ1) is 13.5. The Bertz CT molecular complexity index is 1010. The van der Waals surface area contributed by atoms with Crippen molar-refractivity contribution in [1.29, 1.82) is 0 Å². The molecule has 0 unspecified atom stereocenters. The highest BCUT2D eigenvalue weighted by atomic mass is 16.5. The zero-order chi connectivity index (χ0) is 20.1. The smallest absolute Gasteiger partial charge is 0.359 e. The Morgan fingerprint density at radius 1 is 1.14 bits per heavy atom. The van der Waals surface area contributed by atoms with Crippen LogP contribution in [0.5, 0.6) is 11.5 Å². The molecule has 4 N–H and O–H groups in total. The van der Waals surface area contributed by atoms with Crippen molar-refractivity contribution in [2.24, 2.45) is 0 Å². The lowest BCUT2D eigenvalue weighted by atomic mass is 10.1. The summed E-state index contributed by atoms with van der Waals surface area (Å²) in [6.45, 7) is 1.86. The third-order valence-electron chi connectivity index (χ3n) is 3.92. The van der Waals surface area contributed by atoms with Crippen LogP contribution >= 0.6 is 0 Å². The average Bonchev–Trinajstić information content (AvgIpc) is 2.70. The number of carbonyl (C=O) groups excluding carboxylic acids is 1. The summed E-state index contributed by atoms with van der Waals surface area (Å²) >= 11 is 0. The van der Waals surface area contributed by atoms with Crippen LogP contribution in [0.1, 0.15) is 17.4 Å². The molecule has 0 saturated heterocycles. The summed E-state index contributed by atoms with van der Waals surface area (Å²) in [4.78, 5) is 21.0. The summed E-state index contributed by atoms with van der Waals surface area (Å²) in [5.41, 5.74) is 7.05. The minimum atomic E-state index is -0.679. The number of esters is 1. The van der Waals surface area contributed by atoms with Crippen molar-refractivity contribution in [2.45, 2.75) is 6.92 Å². The molecular formula is C20H20N4O4. The van der Waals surface area contributed by atoms with Gasteiger partial charge in [-0.25, -0.2) is 14.8 Å². The number of phenols is 1. The Hall–Kier alpha value is -3.81. The lowest BCUT2D eigenvalue weighted by Gasteiger charge is -2.15. The van der Waals surface area contributed by atoms with E-state index in [4.69, 9.17) is 15.2 Å². The summed E-state index contributed by atoms with van der Waals surface area (Å²) in [5.74, 6) is 0.198. The molecule has 0 aliphatic carbocycles. The first kappa shape index (κ1) is 19.0. The molecule has 0 atom stereocenters. The van der Waals surface area contributed by atoms with Gasteiger partial charge in [-0.05, 0) is 31.2 Å². The molecule has 0 amide bonds. The number of aromatic nitrogens is 2. The number of ether oxygens (including phenoxy) is 2. The number of nitrogen functional groups attached to an aromatic ring is 1. The Balaban J connectivity index is 2.15. The van der Waals surface area contributed by atoms with Crippen LogP contribution in [-0.2, 0) is 4.74 Å². The van der Waals surface area contributed by atoms with Crippen molar-refractivity contribution >= 4 is 23.2 Å². The van der Waals surface area contributed by atoms with Crippen molar-refractivity contribution in [3.63, 3.8) is 0 Å². The predicted octanol–water partition coefficient (Wildman–Crippen LogP) is 3.36. The molecule has 28 heavy (non-hydrogen) atoms. The number of nitrogens with zero attached hydrogens (tertiary/aromatic N) is 2. The van der Waals surface area contributed by atoms with Crippen LogP contribution in [0.3, 0.4) is 0 Å². The molecule has 1 heterocycles. The van der Waals surface area contributed by atoms with Crippen LogP contribution in [0.2, 0.25) is 0 Å². The topological polar surface area (TPSA) is 120 Å². The van der Waals surface area contributed by atoms with Crippen molar-refractivity contribution in [2.75, 3.05) is 24.8 Å². The first-order valence-electron chi connectivity index (χ1n) is 8.58. The summed E-state index contributed by atoms with van der Waals surface area (Å²) in [7, 11) is 1.54. The molecule has 8 heteroatoms. The summed E-state index contributed by atoms with van der Waals surface area (Å²) in [6.07, 6.45) is 0. The van der Waals surface area contributed by atoms with E-state index in [0.717, 1.165) is 0 Å². The number of benzene rings is 2. The number of hydrogen-bond acceptors (Lipinski definition) is 8. The highest BCUT2D eigenvalue weighted by Crippen LogP contribution is 2.33. The summed E-state index contributed by atoms with van der Waals surface area (Å²) in [6, 6.07) is 13.8.